The van der Waals surface area contributed by atoms with Gasteiger partial charge in [0.25, 0.3) is 0 Å². The molecule has 2 aromatic rings. The van der Waals surface area contributed by atoms with Gasteiger partial charge in [0.2, 0.25) is 0 Å². The second kappa shape index (κ2) is 11.4. The number of anilines is 1. The molecule has 0 spiro atoms. The van der Waals surface area contributed by atoms with Crippen LogP contribution in [0.25, 0.3) is 0 Å². The fraction of sp³-hybridized carbons (Fsp3) is 0.421. The summed E-state index contributed by atoms with van der Waals surface area (Å²) in [6.07, 6.45) is 0.981. The number of hydrogen-bond donors (Lipinski definition) is 2. The molecule has 6 heteroatoms. The van der Waals surface area contributed by atoms with E-state index in [4.69, 9.17) is 0 Å². The summed E-state index contributed by atoms with van der Waals surface area (Å²) in [5.74, 6) is 1.34. The molecule has 0 saturated heterocycles. The molecule has 0 aliphatic rings. The van der Waals surface area contributed by atoms with Gasteiger partial charge in [-0.1, -0.05) is 19.1 Å². The van der Waals surface area contributed by atoms with E-state index in [9.17, 15) is 0 Å². The monoisotopic (exact) mass is 472 g/mol. The highest BCUT2D eigenvalue weighted by molar-refractivity contribution is 14.0. The second-order valence-corrected chi connectivity index (χ2v) is 6.93. The van der Waals surface area contributed by atoms with Crippen molar-refractivity contribution in [2.24, 2.45) is 4.99 Å². The minimum atomic E-state index is 0. The molecule has 1 aromatic heterocycles. The molecule has 0 bridgehead atoms. The molecular formula is C19H29IN4S. The summed E-state index contributed by atoms with van der Waals surface area (Å²) < 4.78 is 0. The highest BCUT2D eigenvalue weighted by atomic mass is 127. The summed E-state index contributed by atoms with van der Waals surface area (Å²) >= 11 is 1.75. The van der Waals surface area contributed by atoms with Crippen molar-refractivity contribution in [1.82, 2.24) is 10.6 Å². The predicted octanol–water partition coefficient (Wildman–Crippen LogP) is 3.94. The average molecular weight is 472 g/mol. The van der Waals surface area contributed by atoms with Crippen LogP contribution in [-0.4, -0.2) is 40.2 Å². The van der Waals surface area contributed by atoms with Gasteiger partial charge in [-0.2, -0.15) is 11.3 Å². The third-order valence-electron chi connectivity index (χ3n) is 4.07. The Hall–Kier alpha value is -1.28. The van der Waals surface area contributed by atoms with Crippen molar-refractivity contribution in [3.05, 3.63) is 52.2 Å². The topological polar surface area (TPSA) is 39.7 Å². The van der Waals surface area contributed by atoms with Gasteiger partial charge >= 0.3 is 0 Å². The lowest BCUT2D eigenvalue weighted by Gasteiger charge is -2.16. The molecule has 0 aliphatic heterocycles. The van der Waals surface area contributed by atoms with Crippen molar-refractivity contribution < 1.29 is 0 Å². The van der Waals surface area contributed by atoms with Gasteiger partial charge in [0, 0.05) is 39.9 Å². The van der Waals surface area contributed by atoms with E-state index in [1.807, 2.05) is 7.05 Å². The van der Waals surface area contributed by atoms with Crippen molar-refractivity contribution in [2.45, 2.75) is 19.3 Å². The van der Waals surface area contributed by atoms with Crippen LogP contribution in [0.15, 0.2) is 46.1 Å². The maximum atomic E-state index is 4.30. The van der Waals surface area contributed by atoms with E-state index in [0.717, 1.165) is 25.5 Å². The zero-order valence-corrected chi connectivity index (χ0v) is 18.6. The summed E-state index contributed by atoms with van der Waals surface area (Å²) in [5.41, 5.74) is 3.94. The quantitative estimate of drug-likeness (QED) is 0.364. The van der Waals surface area contributed by atoms with Gasteiger partial charge in [-0.15, -0.1) is 24.0 Å². The van der Waals surface area contributed by atoms with Gasteiger partial charge in [0.1, 0.15) is 0 Å². The standard InChI is InChI=1S/C19H28N4S.HI/c1-15(17-10-12-24-14-17)13-22-19(20-2)21-11-9-16-5-7-18(8-6-16)23(3)4;/h5-8,10,12,14-15H,9,11,13H2,1-4H3,(H2,20,21,22);1H. The normalized spacial score (nSPS) is 12.2. The Balaban J connectivity index is 0.00000312. The molecule has 2 N–H and O–H groups in total. The van der Waals surface area contributed by atoms with Crippen LogP contribution >= 0.6 is 35.3 Å². The first kappa shape index (κ1) is 21.8. The minimum Gasteiger partial charge on any atom is -0.378 e. The Labute approximate surface area is 172 Å². The van der Waals surface area contributed by atoms with Crippen molar-refractivity contribution in [3.63, 3.8) is 0 Å². The van der Waals surface area contributed by atoms with Crippen LogP contribution in [0.5, 0.6) is 0 Å². The first-order valence-electron chi connectivity index (χ1n) is 8.33. The first-order chi connectivity index (χ1) is 11.6. The van der Waals surface area contributed by atoms with Gasteiger partial charge in [-0.3, -0.25) is 4.99 Å². The number of nitrogens with one attached hydrogen (secondary N) is 2. The Morgan fingerprint density at radius 2 is 1.88 bits per heavy atom. The molecule has 1 atom stereocenters. The molecule has 4 nitrogen and oxygen atoms in total. The molecule has 0 saturated carbocycles. The second-order valence-electron chi connectivity index (χ2n) is 6.15. The zero-order valence-electron chi connectivity index (χ0n) is 15.5. The van der Waals surface area contributed by atoms with Crippen LogP contribution in [0.3, 0.4) is 0 Å². The Morgan fingerprint density at radius 1 is 1.16 bits per heavy atom. The summed E-state index contributed by atoms with van der Waals surface area (Å²) in [4.78, 5) is 6.41. The average Bonchev–Trinajstić information content (AvgIpc) is 3.12. The molecule has 25 heavy (non-hydrogen) atoms. The Morgan fingerprint density at radius 3 is 2.44 bits per heavy atom. The summed E-state index contributed by atoms with van der Waals surface area (Å²) in [7, 11) is 5.93. The van der Waals surface area contributed by atoms with Gasteiger partial charge in [0.05, 0.1) is 0 Å². The summed E-state index contributed by atoms with van der Waals surface area (Å²) in [6.45, 7) is 3.98. The van der Waals surface area contributed by atoms with Crippen LogP contribution in [0.2, 0.25) is 0 Å². The van der Waals surface area contributed by atoms with Gasteiger partial charge < -0.3 is 15.5 Å². The number of benzene rings is 1. The molecule has 0 radical (unpaired) electrons. The van der Waals surface area contributed by atoms with E-state index in [0.29, 0.717) is 5.92 Å². The molecule has 0 fully saturated rings. The van der Waals surface area contributed by atoms with E-state index >= 15 is 0 Å². The van der Waals surface area contributed by atoms with Crippen molar-refractivity contribution >= 4 is 47.0 Å². The maximum absolute atomic E-state index is 4.30. The van der Waals surface area contributed by atoms with Gasteiger partial charge in [0.15, 0.2) is 5.96 Å². The molecule has 2 rings (SSSR count). The van der Waals surface area contributed by atoms with E-state index in [2.05, 4.69) is 82.6 Å². The van der Waals surface area contributed by atoms with Crippen molar-refractivity contribution in [2.75, 3.05) is 39.1 Å². The van der Waals surface area contributed by atoms with Crippen molar-refractivity contribution in [1.29, 1.82) is 0 Å². The molecule has 1 unspecified atom stereocenters. The molecule has 1 aromatic carbocycles. The SMILES string of the molecule is CN=C(NCCc1ccc(N(C)C)cc1)NCC(C)c1ccsc1.I. The molecular weight excluding hydrogens is 443 g/mol. The third kappa shape index (κ3) is 7.23. The van der Waals surface area contributed by atoms with E-state index in [1.165, 1.54) is 16.8 Å². The number of halogens is 1. The molecule has 0 aliphatic carbocycles. The van der Waals surface area contributed by atoms with Crippen LogP contribution in [0.1, 0.15) is 24.0 Å². The van der Waals surface area contributed by atoms with Crippen LogP contribution in [-0.2, 0) is 6.42 Å². The Kier molecular flexibility index (Phi) is 9.89. The predicted molar refractivity (Wildman–Crippen MR) is 122 cm³/mol. The van der Waals surface area contributed by atoms with Gasteiger partial charge in [-0.05, 0) is 52.4 Å². The van der Waals surface area contributed by atoms with E-state index < -0.39 is 0 Å². The number of thiophene rings is 1. The number of aliphatic imine (C=N–C) groups is 1. The lowest BCUT2D eigenvalue weighted by Crippen LogP contribution is -2.39. The smallest absolute Gasteiger partial charge is 0.191 e. The van der Waals surface area contributed by atoms with Crippen LogP contribution in [0.4, 0.5) is 5.69 Å². The molecule has 1 heterocycles. The van der Waals surface area contributed by atoms with Gasteiger partial charge in [-0.25, -0.2) is 0 Å². The lowest BCUT2D eigenvalue weighted by molar-refractivity contribution is 0.700. The number of nitrogens with zero attached hydrogens (tertiary/aromatic N) is 2. The lowest BCUT2D eigenvalue weighted by atomic mass is 10.1. The van der Waals surface area contributed by atoms with Crippen LogP contribution in [0, 0.1) is 0 Å². The van der Waals surface area contributed by atoms with E-state index in [-0.39, 0.29) is 24.0 Å². The maximum Gasteiger partial charge on any atom is 0.191 e. The van der Waals surface area contributed by atoms with Crippen LogP contribution < -0.4 is 15.5 Å². The fourth-order valence-electron chi connectivity index (χ4n) is 2.43. The van der Waals surface area contributed by atoms with E-state index in [1.54, 1.807) is 11.3 Å². The highest BCUT2D eigenvalue weighted by Gasteiger charge is 2.06. The first-order valence-corrected chi connectivity index (χ1v) is 9.27. The number of rotatable bonds is 7. The molecule has 0 amide bonds. The largest absolute Gasteiger partial charge is 0.378 e. The van der Waals surface area contributed by atoms with Crippen molar-refractivity contribution in [3.8, 4) is 0 Å². The number of guanidine groups is 1. The zero-order chi connectivity index (χ0) is 17.4. The molecule has 138 valence electrons. The Bertz CT molecular complexity index is 623. The minimum absolute atomic E-state index is 0. The summed E-state index contributed by atoms with van der Waals surface area (Å²) in [6, 6.07) is 10.9. The third-order valence-corrected chi connectivity index (χ3v) is 4.77. The highest BCUT2D eigenvalue weighted by Crippen LogP contribution is 2.17. The number of hydrogen-bond acceptors (Lipinski definition) is 3. The summed E-state index contributed by atoms with van der Waals surface area (Å²) in [5, 5.41) is 11.1. The fourth-order valence-corrected chi connectivity index (χ4v) is 3.21.